The lowest BCUT2D eigenvalue weighted by molar-refractivity contribution is 0.252. The Kier molecular flexibility index (Phi) is 4.37. The number of benzene rings is 1. The van der Waals surface area contributed by atoms with Crippen molar-refractivity contribution in [3.63, 3.8) is 0 Å². The van der Waals surface area contributed by atoms with E-state index in [4.69, 9.17) is 18.0 Å². The van der Waals surface area contributed by atoms with Crippen molar-refractivity contribution in [3.05, 3.63) is 29.6 Å². The Morgan fingerprint density at radius 3 is 2.58 bits per heavy atom. The van der Waals surface area contributed by atoms with E-state index in [-0.39, 0.29) is 10.8 Å². The van der Waals surface area contributed by atoms with Crippen molar-refractivity contribution in [2.24, 2.45) is 5.73 Å². The van der Waals surface area contributed by atoms with Gasteiger partial charge in [0.15, 0.2) is 0 Å². The first-order valence-corrected chi connectivity index (χ1v) is 6.90. The summed E-state index contributed by atoms with van der Waals surface area (Å²) in [5.41, 5.74) is 6.71. The van der Waals surface area contributed by atoms with Gasteiger partial charge in [0.05, 0.1) is 5.69 Å². The van der Waals surface area contributed by atoms with E-state index in [1.54, 1.807) is 12.1 Å². The van der Waals surface area contributed by atoms with E-state index in [0.717, 1.165) is 25.9 Å². The van der Waals surface area contributed by atoms with Crippen LogP contribution in [0.25, 0.3) is 0 Å². The molecule has 2 rings (SSSR count). The fourth-order valence-corrected chi connectivity index (χ4v) is 2.65. The first kappa shape index (κ1) is 14.2. The minimum absolute atomic E-state index is 0.229. The molecule has 0 aromatic heterocycles. The average Bonchev–Trinajstić information content (AvgIpc) is 2.38. The van der Waals surface area contributed by atoms with Gasteiger partial charge in [0.1, 0.15) is 10.8 Å². The molecule has 0 radical (unpaired) electrons. The Labute approximate surface area is 119 Å². The number of nitrogens with zero attached hydrogens (tertiary/aromatic N) is 2. The summed E-state index contributed by atoms with van der Waals surface area (Å²) in [5, 5.41) is 0. The number of rotatable bonds is 3. The summed E-state index contributed by atoms with van der Waals surface area (Å²) in [6, 6.07) is 5.36. The van der Waals surface area contributed by atoms with Gasteiger partial charge in [-0.3, -0.25) is 0 Å². The van der Waals surface area contributed by atoms with Gasteiger partial charge in [-0.25, -0.2) is 4.39 Å². The van der Waals surface area contributed by atoms with Crippen molar-refractivity contribution in [1.29, 1.82) is 0 Å². The molecule has 1 heterocycles. The summed E-state index contributed by atoms with van der Waals surface area (Å²) in [5.74, 6) is -0.258. The van der Waals surface area contributed by atoms with Crippen molar-refractivity contribution < 1.29 is 4.39 Å². The highest BCUT2D eigenvalue weighted by atomic mass is 32.1. The topological polar surface area (TPSA) is 32.5 Å². The normalized spacial score (nSPS) is 17.4. The predicted molar refractivity (Wildman–Crippen MR) is 81.2 cm³/mol. The Morgan fingerprint density at radius 2 is 2.05 bits per heavy atom. The third-order valence-corrected chi connectivity index (χ3v) is 4.08. The number of nitrogens with two attached hydrogens (primary N) is 1. The van der Waals surface area contributed by atoms with Crippen LogP contribution >= 0.6 is 12.2 Å². The highest BCUT2D eigenvalue weighted by Crippen LogP contribution is 2.25. The number of anilines is 1. The van der Waals surface area contributed by atoms with E-state index in [1.807, 2.05) is 11.9 Å². The van der Waals surface area contributed by atoms with Crippen LogP contribution in [0.2, 0.25) is 0 Å². The number of halogens is 1. The molecule has 104 valence electrons. The van der Waals surface area contributed by atoms with E-state index < -0.39 is 0 Å². The summed E-state index contributed by atoms with van der Waals surface area (Å²) < 4.78 is 14.1. The molecule has 1 aliphatic heterocycles. The van der Waals surface area contributed by atoms with Crippen molar-refractivity contribution >= 4 is 22.9 Å². The molecule has 1 aromatic rings. The highest BCUT2D eigenvalue weighted by Gasteiger charge is 2.22. The first-order valence-electron chi connectivity index (χ1n) is 6.50. The maximum Gasteiger partial charge on any atom is 0.147 e. The summed E-state index contributed by atoms with van der Waals surface area (Å²) in [6.45, 7) is 2.11. The lowest BCUT2D eigenvalue weighted by Gasteiger charge is -2.36. The Hall–Kier alpha value is -1.20. The van der Waals surface area contributed by atoms with Gasteiger partial charge in [-0.05, 0) is 51.2 Å². The van der Waals surface area contributed by atoms with E-state index >= 15 is 0 Å². The molecular weight excluding hydrogens is 261 g/mol. The summed E-state index contributed by atoms with van der Waals surface area (Å²) in [6.07, 6.45) is 2.12. The SMILES string of the molecule is CN1CCC(N(C)c2ccc(C(N)=S)cc2F)CC1. The van der Waals surface area contributed by atoms with Crippen LogP contribution in [0.4, 0.5) is 10.1 Å². The van der Waals surface area contributed by atoms with Crippen LogP contribution in [0.5, 0.6) is 0 Å². The molecule has 0 spiro atoms. The lowest BCUT2D eigenvalue weighted by atomic mass is 10.0. The van der Waals surface area contributed by atoms with Gasteiger partial charge in [-0.2, -0.15) is 0 Å². The van der Waals surface area contributed by atoms with Crippen LogP contribution in [0.1, 0.15) is 18.4 Å². The summed E-state index contributed by atoms with van der Waals surface area (Å²) >= 11 is 4.86. The second kappa shape index (κ2) is 5.84. The van der Waals surface area contributed by atoms with Crippen LogP contribution in [-0.2, 0) is 0 Å². The van der Waals surface area contributed by atoms with Gasteiger partial charge in [0.25, 0.3) is 0 Å². The van der Waals surface area contributed by atoms with Crippen molar-refractivity contribution in [2.45, 2.75) is 18.9 Å². The average molecular weight is 281 g/mol. The fourth-order valence-electron chi connectivity index (χ4n) is 2.53. The van der Waals surface area contributed by atoms with Crippen molar-refractivity contribution in [2.75, 3.05) is 32.1 Å². The zero-order valence-electron chi connectivity index (χ0n) is 11.4. The smallest absolute Gasteiger partial charge is 0.147 e. The second-order valence-electron chi connectivity index (χ2n) is 5.18. The van der Waals surface area contributed by atoms with Gasteiger partial charge in [0, 0.05) is 18.7 Å². The highest BCUT2D eigenvalue weighted by molar-refractivity contribution is 7.80. The quantitative estimate of drug-likeness (QED) is 0.859. The first-order chi connectivity index (χ1) is 8.99. The molecule has 0 bridgehead atoms. The zero-order valence-corrected chi connectivity index (χ0v) is 12.2. The van der Waals surface area contributed by atoms with Crippen LogP contribution in [0.15, 0.2) is 18.2 Å². The Bertz CT molecular complexity index is 470. The summed E-state index contributed by atoms with van der Waals surface area (Å²) in [7, 11) is 4.07. The molecule has 3 nitrogen and oxygen atoms in total. The van der Waals surface area contributed by atoms with E-state index in [2.05, 4.69) is 11.9 Å². The number of thiocarbonyl (C=S) groups is 1. The third kappa shape index (κ3) is 3.22. The van der Waals surface area contributed by atoms with Gasteiger partial charge >= 0.3 is 0 Å². The minimum Gasteiger partial charge on any atom is -0.389 e. The summed E-state index contributed by atoms with van der Waals surface area (Å²) in [4.78, 5) is 4.56. The Balaban J connectivity index is 2.15. The molecule has 2 N–H and O–H groups in total. The third-order valence-electron chi connectivity index (χ3n) is 3.85. The van der Waals surface area contributed by atoms with Crippen LogP contribution in [-0.4, -0.2) is 43.1 Å². The number of hydrogen-bond acceptors (Lipinski definition) is 3. The molecule has 5 heteroatoms. The number of piperidine rings is 1. The zero-order chi connectivity index (χ0) is 14.0. The second-order valence-corrected chi connectivity index (χ2v) is 5.62. The fraction of sp³-hybridized carbons (Fsp3) is 0.500. The van der Waals surface area contributed by atoms with Crippen LogP contribution in [0.3, 0.4) is 0 Å². The van der Waals surface area contributed by atoms with Crippen molar-refractivity contribution in [3.8, 4) is 0 Å². The number of hydrogen-bond donors (Lipinski definition) is 1. The lowest BCUT2D eigenvalue weighted by Crippen LogP contribution is -2.42. The Morgan fingerprint density at radius 1 is 1.42 bits per heavy atom. The van der Waals surface area contributed by atoms with Gasteiger partial charge in [-0.15, -0.1) is 0 Å². The predicted octanol–water partition coefficient (Wildman–Crippen LogP) is 1.99. The van der Waals surface area contributed by atoms with Gasteiger partial charge in [-0.1, -0.05) is 12.2 Å². The maximum absolute atomic E-state index is 14.1. The molecular formula is C14H20FN3S. The molecule has 0 amide bonds. The molecule has 1 saturated heterocycles. The number of likely N-dealkylation sites (tertiary alicyclic amines) is 1. The van der Waals surface area contributed by atoms with Crippen molar-refractivity contribution in [1.82, 2.24) is 4.90 Å². The van der Waals surface area contributed by atoms with E-state index in [9.17, 15) is 4.39 Å². The molecule has 19 heavy (non-hydrogen) atoms. The largest absolute Gasteiger partial charge is 0.389 e. The van der Waals surface area contributed by atoms with Crippen LogP contribution in [0, 0.1) is 5.82 Å². The standard InChI is InChI=1S/C14H20FN3S/c1-17-7-5-11(6-8-17)18(2)13-4-3-10(14(16)19)9-12(13)15/h3-4,9,11H,5-8H2,1-2H3,(H2,16,19). The van der Waals surface area contributed by atoms with E-state index in [1.165, 1.54) is 6.07 Å². The monoisotopic (exact) mass is 281 g/mol. The van der Waals surface area contributed by atoms with Crippen LogP contribution < -0.4 is 10.6 Å². The maximum atomic E-state index is 14.1. The molecule has 0 aliphatic carbocycles. The van der Waals surface area contributed by atoms with Gasteiger partial charge < -0.3 is 15.5 Å². The molecule has 0 unspecified atom stereocenters. The molecule has 0 atom stereocenters. The van der Waals surface area contributed by atoms with Gasteiger partial charge in [0.2, 0.25) is 0 Å². The molecule has 1 fully saturated rings. The van der Waals surface area contributed by atoms with E-state index in [0.29, 0.717) is 17.3 Å². The minimum atomic E-state index is -0.258. The molecule has 1 aliphatic rings. The molecule has 1 aromatic carbocycles. The molecule has 0 saturated carbocycles.